The van der Waals surface area contributed by atoms with E-state index in [9.17, 15) is 0 Å². The van der Waals surface area contributed by atoms with Crippen LogP contribution in [0.4, 0.5) is 0 Å². The van der Waals surface area contributed by atoms with Gasteiger partial charge in [0.2, 0.25) is 0 Å². The lowest BCUT2D eigenvalue weighted by Gasteiger charge is -2.02. The number of aromatic amines is 1. The molecule has 1 heterocycles. The Kier molecular flexibility index (Phi) is 3.51. The Hall–Kier alpha value is -1.87. The van der Waals surface area contributed by atoms with Crippen LogP contribution in [0.15, 0.2) is 42.6 Å². The predicted molar refractivity (Wildman–Crippen MR) is 64.8 cm³/mol. The van der Waals surface area contributed by atoms with Crippen LogP contribution in [0.5, 0.6) is 0 Å². The van der Waals surface area contributed by atoms with E-state index in [0.29, 0.717) is 6.42 Å². The topological polar surface area (TPSA) is 48.9 Å². The van der Waals surface area contributed by atoms with Gasteiger partial charge in [-0.25, -0.2) is 0 Å². The van der Waals surface area contributed by atoms with Crippen LogP contribution >= 0.6 is 0 Å². The van der Waals surface area contributed by atoms with Crippen molar-refractivity contribution in [3.63, 3.8) is 0 Å². The van der Waals surface area contributed by atoms with E-state index < -0.39 is 0 Å². The molecule has 3 nitrogen and oxygen atoms in total. The Bertz CT molecular complexity index is 461. The summed E-state index contributed by atoms with van der Waals surface area (Å²) in [4.78, 5) is 0. The molecular formula is C13H14N2O. The fourth-order valence-electron chi connectivity index (χ4n) is 1.58. The molecule has 1 aromatic heterocycles. The SMILES string of the molecule is OCCC=Cc1ccccc1-c1ccn[nH]1. The fourth-order valence-corrected chi connectivity index (χ4v) is 1.58. The van der Waals surface area contributed by atoms with Gasteiger partial charge in [0.1, 0.15) is 0 Å². The number of H-pyrrole nitrogens is 1. The van der Waals surface area contributed by atoms with Crippen LogP contribution in [0.3, 0.4) is 0 Å². The fraction of sp³-hybridized carbons (Fsp3) is 0.154. The number of nitrogens with zero attached hydrogens (tertiary/aromatic N) is 1. The number of nitrogens with one attached hydrogen (secondary N) is 1. The molecule has 0 atom stereocenters. The number of rotatable bonds is 4. The van der Waals surface area contributed by atoms with Crippen molar-refractivity contribution < 1.29 is 5.11 Å². The molecule has 2 rings (SSSR count). The molecule has 0 aliphatic heterocycles. The first-order valence-corrected chi connectivity index (χ1v) is 5.28. The lowest BCUT2D eigenvalue weighted by Crippen LogP contribution is -1.83. The standard InChI is InChI=1S/C13H14N2O/c16-10-4-3-6-11-5-1-2-7-12(11)13-8-9-14-15-13/h1-3,5-9,16H,4,10H2,(H,14,15). The highest BCUT2D eigenvalue weighted by Gasteiger charge is 2.02. The van der Waals surface area contributed by atoms with Crippen LogP contribution in [0.2, 0.25) is 0 Å². The number of aliphatic hydroxyl groups is 1. The molecule has 2 aromatic rings. The zero-order valence-electron chi connectivity index (χ0n) is 8.93. The molecule has 1 aromatic carbocycles. The van der Waals surface area contributed by atoms with Crippen molar-refractivity contribution in [2.24, 2.45) is 0 Å². The molecule has 0 spiro atoms. The molecule has 0 fully saturated rings. The average molecular weight is 214 g/mol. The van der Waals surface area contributed by atoms with Crippen LogP contribution in [0.1, 0.15) is 12.0 Å². The molecule has 0 bridgehead atoms. The van der Waals surface area contributed by atoms with Gasteiger partial charge in [-0.3, -0.25) is 5.10 Å². The Morgan fingerprint density at radius 1 is 1.25 bits per heavy atom. The zero-order valence-corrected chi connectivity index (χ0v) is 8.93. The van der Waals surface area contributed by atoms with Gasteiger partial charge >= 0.3 is 0 Å². The van der Waals surface area contributed by atoms with E-state index in [2.05, 4.69) is 10.2 Å². The van der Waals surface area contributed by atoms with Crippen molar-refractivity contribution >= 4 is 6.08 Å². The summed E-state index contributed by atoms with van der Waals surface area (Å²) < 4.78 is 0. The van der Waals surface area contributed by atoms with E-state index in [-0.39, 0.29) is 6.61 Å². The summed E-state index contributed by atoms with van der Waals surface area (Å²) in [5.74, 6) is 0. The van der Waals surface area contributed by atoms with Crippen molar-refractivity contribution in [2.75, 3.05) is 6.61 Å². The predicted octanol–water partition coefficient (Wildman–Crippen LogP) is 2.47. The van der Waals surface area contributed by atoms with E-state index in [1.807, 2.05) is 42.5 Å². The van der Waals surface area contributed by atoms with Crippen molar-refractivity contribution in [3.05, 3.63) is 48.2 Å². The Morgan fingerprint density at radius 2 is 2.12 bits per heavy atom. The normalized spacial score (nSPS) is 11.1. The molecule has 0 aliphatic rings. The van der Waals surface area contributed by atoms with Gasteiger partial charge in [-0.1, -0.05) is 36.4 Å². The highest BCUT2D eigenvalue weighted by atomic mass is 16.2. The summed E-state index contributed by atoms with van der Waals surface area (Å²) in [6, 6.07) is 10.0. The summed E-state index contributed by atoms with van der Waals surface area (Å²) in [7, 11) is 0. The molecule has 0 amide bonds. The van der Waals surface area contributed by atoms with Gasteiger partial charge in [-0.05, 0) is 18.1 Å². The van der Waals surface area contributed by atoms with Gasteiger partial charge in [-0.15, -0.1) is 0 Å². The molecule has 0 aliphatic carbocycles. The number of hydrogen-bond donors (Lipinski definition) is 2. The number of aromatic nitrogens is 2. The summed E-state index contributed by atoms with van der Waals surface area (Å²) in [5.41, 5.74) is 3.25. The molecule has 0 saturated carbocycles. The number of aliphatic hydroxyl groups excluding tert-OH is 1. The van der Waals surface area contributed by atoms with Crippen molar-refractivity contribution in [3.8, 4) is 11.3 Å². The lowest BCUT2D eigenvalue weighted by atomic mass is 10.0. The third-order valence-corrected chi connectivity index (χ3v) is 2.34. The Balaban J connectivity index is 2.31. The third-order valence-electron chi connectivity index (χ3n) is 2.34. The number of benzene rings is 1. The maximum absolute atomic E-state index is 8.73. The minimum absolute atomic E-state index is 0.183. The first-order chi connectivity index (χ1) is 7.92. The molecule has 0 saturated heterocycles. The van der Waals surface area contributed by atoms with Crippen molar-refractivity contribution in [1.82, 2.24) is 10.2 Å². The smallest absolute Gasteiger partial charge is 0.0656 e. The monoisotopic (exact) mass is 214 g/mol. The molecule has 0 radical (unpaired) electrons. The summed E-state index contributed by atoms with van der Waals surface area (Å²) in [5, 5.41) is 15.6. The van der Waals surface area contributed by atoms with Crippen LogP contribution in [-0.2, 0) is 0 Å². The van der Waals surface area contributed by atoms with E-state index >= 15 is 0 Å². The van der Waals surface area contributed by atoms with Crippen LogP contribution in [0, 0.1) is 0 Å². The Labute approximate surface area is 94.5 Å². The maximum Gasteiger partial charge on any atom is 0.0656 e. The number of hydrogen-bond acceptors (Lipinski definition) is 2. The minimum Gasteiger partial charge on any atom is -0.396 e. The molecule has 16 heavy (non-hydrogen) atoms. The lowest BCUT2D eigenvalue weighted by molar-refractivity contribution is 0.303. The quantitative estimate of drug-likeness (QED) is 0.821. The summed E-state index contributed by atoms with van der Waals surface area (Å²) in [6.45, 7) is 0.183. The van der Waals surface area contributed by atoms with Gasteiger partial charge in [0.05, 0.1) is 5.69 Å². The van der Waals surface area contributed by atoms with E-state index in [0.717, 1.165) is 16.8 Å². The Morgan fingerprint density at radius 3 is 2.88 bits per heavy atom. The van der Waals surface area contributed by atoms with Crippen LogP contribution in [-0.4, -0.2) is 21.9 Å². The molecule has 82 valence electrons. The van der Waals surface area contributed by atoms with Crippen molar-refractivity contribution in [2.45, 2.75) is 6.42 Å². The zero-order chi connectivity index (χ0) is 11.2. The summed E-state index contributed by atoms with van der Waals surface area (Å²) >= 11 is 0. The van der Waals surface area contributed by atoms with Gasteiger partial charge in [0, 0.05) is 18.4 Å². The first kappa shape index (κ1) is 10.6. The second-order valence-electron chi connectivity index (χ2n) is 3.47. The second kappa shape index (κ2) is 5.28. The van der Waals surface area contributed by atoms with Crippen LogP contribution < -0.4 is 0 Å². The second-order valence-corrected chi connectivity index (χ2v) is 3.47. The first-order valence-electron chi connectivity index (χ1n) is 5.28. The van der Waals surface area contributed by atoms with E-state index in [4.69, 9.17) is 5.11 Å². The van der Waals surface area contributed by atoms with E-state index in [1.54, 1.807) is 6.20 Å². The highest BCUT2D eigenvalue weighted by Crippen LogP contribution is 2.22. The average Bonchev–Trinajstić information content (AvgIpc) is 2.83. The highest BCUT2D eigenvalue weighted by molar-refractivity contribution is 5.72. The maximum atomic E-state index is 8.73. The van der Waals surface area contributed by atoms with Gasteiger partial charge in [-0.2, -0.15) is 5.10 Å². The van der Waals surface area contributed by atoms with Crippen LogP contribution in [0.25, 0.3) is 17.3 Å². The summed E-state index contributed by atoms with van der Waals surface area (Å²) in [6.07, 6.45) is 6.41. The van der Waals surface area contributed by atoms with Gasteiger partial charge in [0.25, 0.3) is 0 Å². The third kappa shape index (κ3) is 2.38. The van der Waals surface area contributed by atoms with Crippen molar-refractivity contribution in [1.29, 1.82) is 0 Å². The van der Waals surface area contributed by atoms with Gasteiger partial charge < -0.3 is 5.11 Å². The molecule has 0 unspecified atom stereocenters. The van der Waals surface area contributed by atoms with E-state index in [1.165, 1.54) is 0 Å². The molecule has 2 N–H and O–H groups in total. The molecular weight excluding hydrogens is 200 g/mol. The van der Waals surface area contributed by atoms with Gasteiger partial charge in [0.15, 0.2) is 0 Å². The minimum atomic E-state index is 0.183. The molecule has 3 heteroatoms. The largest absolute Gasteiger partial charge is 0.396 e.